The Kier molecular flexibility index (Phi) is 6.18. The van der Waals surface area contributed by atoms with Crippen molar-refractivity contribution >= 4 is 32.3 Å². The Morgan fingerprint density at radius 1 is 0.347 bits per heavy atom. The van der Waals surface area contributed by atoms with Gasteiger partial charge in [0.05, 0.1) is 11.4 Å². The van der Waals surface area contributed by atoms with Crippen molar-refractivity contribution < 1.29 is 4.74 Å². The van der Waals surface area contributed by atoms with Crippen molar-refractivity contribution in [2.75, 3.05) is 0 Å². The zero-order valence-corrected chi connectivity index (χ0v) is 26.5. The van der Waals surface area contributed by atoms with E-state index in [4.69, 9.17) is 14.7 Å². The largest absolute Gasteiger partial charge is 0.456 e. The Labute approximate surface area is 283 Å². The zero-order valence-electron chi connectivity index (χ0n) is 26.5. The molecule has 228 valence electrons. The lowest BCUT2D eigenvalue weighted by molar-refractivity contribution is 0.487. The van der Waals surface area contributed by atoms with Crippen molar-refractivity contribution in [2.24, 2.45) is 0 Å². The molecular weight excluding hydrogens is 597 g/mol. The molecule has 0 N–H and O–H groups in total. The Morgan fingerprint density at radius 2 is 0.980 bits per heavy atom. The fraction of sp³-hybridized carbons (Fsp3) is 0. The first kappa shape index (κ1) is 27.5. The molecule has 0 radical (unpaired) electrons. The van der Waals surface area contributed by atoms with Gasteiger partial charge < -0.3 is 4.74 Å². The van der Waals surface area contributed by atoms with Gasteiger partial charge in [-0.1, -0.05) is 140 Å². The number of nitrogens with zero attached hydrogens (tertiary/aromatic N) is 2. The topological polar surface area (TPSA) is 35.0 Å². The van der Waals surface area contributed by atoms with Crippen molar-refractivity contribution in [3.05, 3.63) is 170 Å². The number of hydrogen-bond donors (Lipinski definition) is 0. The maximum absolute atomic E-state index is 6.35. The van der Waals surface area contributed by atoms with Gasteiger partial charge in [0.2, 0.25) is 0 Å². The van der Waals surface area contributed by atoms with Gasteiger partial charge in [-0.05, 0) is 74.0 Å². The fourth-order valence-electron chi connectivity index (χ4n) is 7.30. The second kappa shape index (κ2) is 11.0. The van der Waals surface area contributed by atoms with Crippen LogP contribution in [0.15, 0.2) is 170 Å². The van der Waals surface area contributed by atoms with Gasteiger partial charge in [0, 0.05) is 27.6 Å². The predicted octanol–water partition coefficient (Wildman–Crippen LogP) is 12.4. The lowest BCUT2D eigenvalue weighted by atomic mass is 9.89. The number of para-hydroxylation sites is 1. The van der Waals surface area contributed by atoms with Gasteiger partial charge in [-0.15, -0.1) is 0 Å². The highest BCUT2D eigenvalue weighted by molar-refractivity contribution is 6.12. The Hall–Kier alpha value is -6.58. The molecule has 0 amide bonds. The molecule has 0 aliphatic carbocycles. The monoisotopic (exact) mass is 624 g/mol. The Bertz CT molecular complexity index is 2680. The fourth-order valence-corrected chi connectivity index (χ4v) is 7.30. The molecule has 8 aromatic carbocycles. The molecule has 9 aromatic rings. The molecule has 0 unspecified atom stereocenters. The van der Waals surface area contributed by atoms with Crippen molar-refractivity contribution in [3.8, 4) is 67.7 Å². The van der Waals surface area contributed by atoms with Crippen LogP contribution in [0.1, 0.15) is 0 Å². The van der Waals surface area contributed by atoms with Gasteiger partial charge >= 0.3 is 0 Å². The summed E-state index contributed by atoms with van der Waals surface area (Å²) in [7, 11) is 0. The molecule has 1 aliphatic heterocycles. The number of hydrogen-bond acceptors (Lipinski definition) is 3. The second-order valence-corrected chi connectivity index (χ2v) is 12.6. The highest BCUT2D eigenvalue weighted by Gasteiger charge is 2.21. The van der Waals surface area contributed by atoms with E-state index in [-0.39, 0.29) is 0 Å². The van der Waals surface area contributed by atoms with Crippen LogP contribution in [0.5, 0.6) is 11.5 Å². The number of ether oxygens (including phenoxy) is 1. The molecule has 0 saturated carbocycles. The van der Waals surface area contributed by atoms with E-state index in [1.807, 2.05) is 48.5 Å². The lowest BCUT2D eigenvalue weighted by Gasteiger charge is -2.22. The SMILES string of the molecule is c1ccc(-c2cc(-c3ccc4c(ccc5cc(-c6ccc7c8c(cccc68)-c6ccccc6O7)ccc54)c3)nc(-c3ccccc3)n2)cc1. The molecule has 0 fully saturated rings. The van der Waals surface area contributed by atoms with Gasteiger partial charge in [-0.2, -0.15) is 0 Å². The van der Waals surface area contributed by atoms with Crippen molar-refractivity contribution in [2.45, 2.75) is 0 Å². The summed E-state index contributed by atoms with van der Waals surface area (Å²) in [4.78, 5) is 10.0. The van der Waals surface area contributed by atoms with E-state index in [1.54, 1.807) is 0 Å². The summed E-state index contributed by atoms with van der Waals surface area (Å²) in [5, 5.41) is 7.20. The minimum Gasteiger partial charge on any atom is -0.456 e. The van der Waals surface area contributed by atoms with E-state index >= 15 is 0 Å². The van der Waals surface area contributed by atoms with Crippen molar-refractivity contribution in [1.82, 2.24) is 9.97 Å². The van der Waals surface area contributed by atoms with Gasteiger partial charge in [-0.3, -0.25) is 0 Å². The molecule has 3 nitrogen and oxygen atoms in total. The molecule has 1 aromatic heterocycles. The van der Waals surface area contributed by atoms with E-state index in [0.717, 1.165) is 51.0 Å². The normalized spacial score (nSPS) is 11.8. The van der Waals surface area contributed by atoms with Gasteiger partial charge in [0.25, 0.3) is 0 Å². The number of aromatic nitrogens is 2. The standard InChI is InChI=1S/C46H28N2O/c1-3-10-29(11-4-1)41-28-42(48-46(47-41)30-12-5-2-6-13-30)34-21-23-36-32(27-34)19-18-31-26-33(20-22-35(31)36)37-24-25-44-45-39(37)15-9-16-40(45)38-14-7-8-17-43(38)49-44/h1-28H. The summed E-state index contributed by atoms with van der Waals surface area (Å²) < 4.78 is 6.35. The summed E-state index contributed by atoms with van der Waals surface area (Å²) >= 11 is 0. The number of rotatable bonds is 4. The Balaban J connectivity index is 1.07. The van der Waals surface area contributed by atoms with E-state index in [9.17, 15) is 0 Å². The molecule has 2 heterocycles. The molecule has 3 heteroatoms. The molecule has 10 rings (SSSR count). The van der Waals surface area contributed by atoms with Crippen molar-refractivity contribution in [1.29, 1.82) is 0 Å². The zero-order chi connectivity index (χ0) is 32.3. The van der Waals surface area contributed by atoms with Crippen LogP contribution >= 0.6 is 0 Å². The maximum Gasteiger partial charge on any atom is 0.160 e. The molecular formula is C46H28N2O. The average Bonchev–Trinajstić information content (AvgIpc) is 3.18. The minimum absolute atomic E-state index is 0.720. The maximum atomic E-state index is 6.35. The van der Waals surface area contributed by atoms with Gasteiger partial charge in [0.1, 0.15) is 11.5 Å². The first-order chi connectivity index (χ1) is 24.3. The van der Waals surface area contributed by atoms with Crippen LogP contribution in [0.4, 0.5) is 0 Å². The molecule has 1 aliphatic rings. The second-order valence-electron chi connectivity index (χ2n) is 12.6. The molecule has 0 saturated heterocycles. The van der Waals surface area contributed by atoms with Crippen LogP contribution in [0.3, 0.4) is 0 Å². The van der Waals surface area contributed by atoms with Crippen molar-refractivity contribution in [3.63, 3.8) is 0 Å². The van der Waals surface area contributed by atoms with Crippen LogP contribution in [0, 0.1) is 0 Å². The minimum atomic E-state index is 0.720. The summed E-state index contributed by atoms with van der Waals surface area (Å²) in [5.74, 6) is 2.53. The Morgan fingerprint density at radius 3 is 1.76 bits per heavy atom. The number of fused-ring (bicyclic) bond motifs is 5. The summed E-state index contributed by atoms with van der Waals surface area (Å²) in [6, 6.07) is 59.7. The molecule has 49 heavy (non-hydrogen) atoms. The highest BCUT2D eigenvalue weighted by Crippen LogP contribution is 2.48. The van der Waals surface area contributed by atoms with Crippen LogP contribution < -0.4 is 4.74 Å². The predicted molar refractivity (Wildman–Crippen MR) is 202 cm³/mol. The summed E-state index contributed by atoms with van der Waals surface area (Å²) in [6.07, 6.45) is 0. The molecule has 0 spiro atoms. The van der Waals surface area contributed by atoms with Crippen LogP contribution in [-0.2, 0) is 0 Å². The third-order valence-corrected chi connectivity index (χ3v) is 9.67. The third kappa shape index (κ3) is 4.59. The van der Waals surface area contributed by atoms with E-state index < -0.39 is 0 Å². The van der Waals surface area contributed by atoms with E-state index in [1.165, 1.54) is 49.0 Å². The van der Waals surface area contributed by atoms with Crippen LogP contribution in [0.25, 0.3) is 88.5 Å². The van der Waals surface area contributed by atoms with E-state index in [0.29, 0.717) is 0 Å². The van der Waals surface area contributed by atoms with Gasteiger partial charge in [0.15, 0.2) is 5.82 Å². The van der Waals surface area contributed by atoms with Gasteiger partial charge in [-0.25, -0.2) is 9.97 Å². The molecule has 0 atom stereocenters. The quantitative estimate of drug-likeness (QED) is 0.183. The lowest BCUT2D eigenvalue weighted by Crippen LogP contribution is -1.97. The number of benzene rings is 8. The first-order valence-corrected chi connectivity index (χ1v) is 16.6. The third-order valence-electron chi connectivity index (χ3n) is 9.67. The average molecular weight is 625 g/mol. The van der Waals surface area contributed by atoms with E-state index in [2.05, 4.69) is 121 Å². The highest BCUT2D eigenvalue weighted by atomic mass is 16.5. The molecule has 0 bridgehead atoms. The van der Waals surface area contributed by atoms with Crippen LogP contribution in [-0.4, -0.2) is 9.97 Å². The first-order valence-electron chi connectivity index (χ1n) is 16.6. The smallest absolute Gasteiger partial charge is 0.160 e. The summed E-state index contributed by atoms with van der Waals surface area (Å²) in [6.45, 7) is 0. The summed E-state index contributed by atoms with van der Waals surface area (Å²) in [5.41, 5.74) is 9.68. The van der Waals surface area contributed by atoms with Crippen LogP contribution in [0.2, 0.25) is 0 Å².